The first-order valence-corrected chi connectivity index (χ1v) is 10.6. The number of pyridine rings is 1. The number of furan rings is 1. The Morgan fingerprint density at radius 2 is 1.68 bits per heavy atom. The van der Waals surface area contributed by atoms with Gasteiger partial charge in [0.2, 0.25) is 5.88 Å². The van der Waals surface area contributed by atoms with E-state index in [1.165, 1.54) is 0 Å². The first-order valence-electron chi connectivity index (χ1n) is 10.3. The second-order valence-electron chi connectivity index (χ2n) is 7.50. The topological polar surface area (TPSA) is 47.2 Å². The number of benzene rings is 3. The molecule has 5 heteroatoms. The van der Waals surface area contributed by atoms with E-state index >= 15 is 0 Å². The largest absolute Gasteiger partial charge is 0.439 e. The van der Waals surface area contributed by atoms with Gasteiger partial charge in [-0.1, -0.05) is 60.1 Å². The van der Waals surface area contributed by atoms with Crippen molar-refractivity contribution in [3.05, 3.63) is 93.7 Å². The van der Waals surface area contributed by atoms with Gasteiger partial charge in [0.1, 0.15) is 0 Å². The number of anilines is 2. The van der Waals surface area contributed by atoms with Crippen LogP contribution in [0.25, 0.3) is 33.0 Å². The molecular formula is C26H21ClN2O2. The quantitative estimate of drug-likeness (QED) is 0.331. The van der Waals surface area contributed by atoms with Gasteiger partial charge in [-0.25, -0.2) is 0 Å². The van der Waals surface area contributed by atoms with Crippen LogP contribution in [0.2, 0.25) is 5.02 Å². The SMILES string of the molecule is CCn1c(=O)c2c(-c3ccccc3Cl)c(Nc3ccccc3C)oc2c2ccccc21. The minimum atomic E-state index is -0.0901. The molecule has 2 aromatic heterocycles. The summed E-state index contributed by atoms with van der Waals surface area (Å²) in [6.07, 6.45) is 0. The van der Waals surface area contributed by atoms with Gasteiger partial charge in [-0.05, 0) is 43.7 Å². The monoisotopic (exact) mass is 428 g/mol. The lowest BCUT2D eigenvalue weighted by Crippen LogP contribution is -2.19. The molecule has 0 unspecified atom stereocenters. The van der Waals surface area contributed by atoms with E-state index in [1.54, 1.807) is 4.57 Å². The van der Waals surface area contributed by atoms with Crippen molar-refractivity contribution in [3.8, 4) is 11.1 Å². The Morgan fingerprint density at radius 1 is 0.968 bits per heavy atom. The highest BCUT2D eigenvalue weighted by atomic mass is 35.5. The molecule has 0 spiro atoms. The van der Waals surface area contributed by atoms with Crippen LogP contribution in [0.3, 0.4) is 0 Å². The fourth-order valence-corrected chi connectivity index (χ4v) is 4.36. The van der Waals surface area contributed by atoms with Gasteiger partial charge in [-0.3, -0.25) is 4.79 Å². The Morgan fingerprint density at radius 3 is 2.45 bits per heavy atom. The van der Waals surface area contributed by atoms with Crippen molar-refractivity contribution < 1.29 is 4.42 Å². The van der Waals surface area contributed by atoms with Gasteiger partial charge in [-0.15, -0.1) is 0 Å². The number of halogens is 1. The highest BCUT2D eigenvalue weighted by Gasteiger charge is 2.24. The molecule has 31 heavy (non-hydrogen) atoms. The lowest BCUT2D eigenvalue weighted by molar-refractivity contribution is 0.637. The smallest absolute Gasteiger partial charge is 0.262 e. The van der Waals surface area contributed by atoms with E-state index in [9.17, 15) is 4.79 Å². The zero-order valence-electron chi connectivity index (χ0n) is 17.3. The minimum Gasteiger partial charge on any atom is -0.439 e. The third kappa shape index (κ3) is 3.11. The van der Waals surface area contributed by atoms with E-state index < -0.39 is 0 Å². The molecule has 0 radical (unpaired) electrons. The number of fused-ring (bicyclic) bond motifs is 3. The lowest BCUT2D eigenvalue weighted by Gasteiger charge is -2.10. The maximum absolute atomic E-state index is 13.6. The molecule has 0 amide bonds. The number of nitrogens with one attached hydrogen (secondary N) is 1. The molecule has 0 aliphatic carbocycles. The van der Waals surface area contributed by atoms with Crippen LogP contribution in [0, 0.1) is 6.92 Å². The van der Waals surface area contributed by atoms with Crippen LogP contribution in [0.15, 0.2) is 82.0 Å². The summed E-state index contributed by atoms with van der Waals surface area (Å²) in [5.41, 5.74) is 4.75. The van der Waals surface area contributed by atoms with Gasteiger partial charge in [-0.2, -0.15) is 0 Å². The number of aryl methyl sites for hydroxylation is 2. The van der Waals surface area contributed by atoms with Crippen LogP contribution < -0.4 is 10.9 Å². The van der Waals surface area contributed by atoms with E-state index in [2.05, 4.69) is 5.32 Å². The van der Waals surface area contributed by atoms with Crippen molar-refractivity contribution in [2.45, 2.75) is 20.4 Å². The van der Waals surface area contributed by atoms with Crippen LogP contribution in [0.5, 0.6) is 0 Å². The summed E-state index contributed by atoms with van der Waals surface area (Å²) < 4.78 is 8.16. The van der Waals surface area contributed by atoms with Crippen LogP contribution in [-0.2, 0) is 6.54 Å². The summed E-state index contributed by atoms with van der Waals surface area (Å²) in [5.74, 6) is 0.508. The van der Waals surface area contributed by atoms with E-state index in [-0.39, 0.29) is 5.56 Å². The standard InChI is InChI=1S/C26H21ClN2O2/c1-3-29-21-15-9-6-12-18(21)24-23(26(29)30)22(17-11-5-7-13-19(17)27)25(31-24)28-20-14-8-4-10-16(20)2/h4-15,28H,3H2,1-2H3. The number of hydrogen-bond donors (Lipinski definition) is 1. The Labute approximate surface area is 184 Å². The Bertz CT molecular complexity index is 1500. The lowest BCUT2D eigenvalue weighted by atomic mass is 10.0. The van der Waals surface area contributed by atoms with Crippen molar-refractivity contribution >= 4 is 45.0 Å². The summed E-state index contributed by atoms with van der Waals surface area (Å²) in [7, 11) is 0. The van der Waals surface area contributed by atoms with Gasteiger partial charge in [0.05, 0.1) is 16.5 Å². The van der Waals surface area contributed by atoms with Crippen LogP contribution in [-0.4, -0.2) is 4.57 Å². The zero-order valence-corrected chi connectivity index (χ0v) is 18.0. The molecule has 0 aliphatic heterocycles. The van der Waals surface area contributed by atoms with E-state index in [4.69, 9.17) is 16.0 Å². The first-order chi connectivity index (χ1) is 15.1. The summed E-state index contributed by atoms with van der Waals surface area (Å²) in [4.78, 5) is 13.6. The molecule has 0 saturated heterocycles. The predicted octanol–water partition coefficient (Wildman–Crippen LogP) is 7.14. The Kier molecular flexibility index (Phi) is 4.79. The summed E-state index contributed by atoms with van der Waals surface area (Å²) in [6, 6.07) is 23.3. The second-order valence-corrected chi connectivity index (χ2v) is 7.90. The van der Waals surface area contributed by atoms with Crippen molar-refractivity contribution in [1.82, 2.24) is 4.57 Å². The van der Waals surface area contributed by atoms with Crippen molar-refractivity contribution in [1.29, 1.82) is 0 Å². The second kappa shape index (κ2) is 7.64. The number of para-hydroxylation sites is 2. The van der Waals surface area contributed by atoms with Crippen LogP contribution >= 0.6 is 11.6 Å². The number of hydrogen-bond acceptors (Lipinski definition) is 3. The third-order valence-corrected chi connectivity index (χ3v) is 5.99. The first kappa shape index (κ1) is 19.5. The van der Waals surface area contributed by atoms with Gasteiger partial charge in [0.15, 0.2) is 5.58 Å². The van der Waals surface area contributed by atoms with Crippen molar-refractivity contribution in [2.24, 2.45) is 0 Å². The molecular weight excluding hydrogens is 408 g/mol. The van der Waals surface area contributed by atoms with E-state index in [0.717, 1.165) is 27.7 Å². The molecule has 0 atom stereocenters. The minimum absolute atomic E-state index is 0.0901. The number of rotatable bonds is 4. The maximum atomic E-state index is 13.6. The average molecular weight is 429 g/mol. The Balaban J connectivity index is 1.93. The molecule has 3 aromatic carbocycles. The molecule has 5 rings (SSSR count). The molecule has 1 N–H and O–H groups in total. The summed E-state index contributed by atoms with van der Waals surface area (Å²) in [6.45, 7) is 4.56. The van der Waals surface area contributed by atoms with Gasteiger partial charge in [0.25, 0.3) is 5.56 Å². The average Bonchev–Trinajstić information content (AvgIpc) is 3.15. The fourth-order valence-electron chi connectivity index (χ4n) is 4.13. The van der Waals surface area contributed by atoms with Crippen LogP contribution in [0.4, 0.5) is 11.6 Å². The van der Waals surface area contributed by atoms with Crippen LogP contribution in [0.1, 0.15) is 12.5 Å². The fraction of sp³-hybridized carbons (Fsp3) is 0.115. The molecule has 5 aromatic rings. The van der Waals surface area contributed by atoms with Gasteiger partial charge >= 0.3 is 0 Å². The summed E-state index contributed by atoms with van der Waals surface area (Å²) in [5, 5.41) is 5.40. The molecule has 0 fully saturated rings. The van der Waals surface area contributed by atoms with Crippen molar-refractivity contribution in [3.63, 3.8) is 0 Å². The molecule has 0 aliphatic rings. The molecule has 154 valence electrons. The van der Waals surface area contributed by atoms with Gasteiger partial charge in [0, 0.05) is 28.2 Å². The molecule has 0 saturated carbocycles. The zero-order chi connectivity index (χ0) is 21.5. The molecule has 4 nitrogen and oxygen atoms in total. The highest BCUT2D eigenvalue weighted by Crippen LogP contribution is 2.43. The third-order valence-electron chi connectivity index (χ3n) is 5.66. The number of nitrogens with zero attached hydrogens (tertiary/aromatic N) is 1. The Hall–Kier alpha value is -3.50. The number of aromatic nitrogens is 1. The molecule has 0 bridgehead atoms. The molecule has 2 heterocycles. The summed E-state index contributed by atoms with van der Waals surface area (Å²) >= 11 is 6.59. The van der Waals surface area contributed by atoms with E-state index in [0.29, 0.717) is 34.0 Å². The maximum Gasteiger partial charge on any atom is 0.262 e. The van der Waals surface area contributed by atoms with Crippen molar-refractivity contribution in [2.75, 3.05) is 5.32 Å². The highest BCUT2D eigenvalue weighted by molar-refractivity contribution is 6.34. The predicted molar refractivity (Wildman–Crippen MR) is 129 cm³/mol. The van der Waals surface area contributed by atoms with E-state index in [1.807, 2.05) is 86.6 Å². The normalized spacial score (nSPS) is 11.3. The van der Waals surface area contributed by atoms with Gasteiger partial charge < -0.3 is 14.3 Å².